The molecule has 0 aliphatic carbocycles. The van der Waals surface area contributed by atoms with Gasteiger partial charge in [0.05, 0.1) is 24.8 Å². The quantitative estimate of drug-likeness (QED) is 0.100. The van der Waals surface area contributed by atoms with Gasteiger partial charge in [-0.25, -0.2) is 9.18 Å². The van der Waals surface area contributed by atoms with Gasteiger partial charge in [-0.1, -0.05) is 48.9 Å². The Labute approximate surface area is 299 Å². The van der Waals surface area contributed by atoms with Gasteiger partial charge < -0.3 is 45.9 Å². The highest BCUT2D eigenvalue weighted by Gasteiger charge is 2.56. The number of aliphatic hydroxyl groups is 2. The fourth-order valence-electron chi connectivity index (χ4n) is 5.85. The lowest BCUT2D eigenvalue weighted by atomic mass is 9.86. The summed E-state index contributed by atoms with van der Waals surface area (Å²) in [6, 6.07) is 18.0. The van der Waals surface area contributed by atoms with Crippen LogP contribution in [-0.2, 0) is 23.9 Å². The molecule has 0 unspecified atom stereocenters. The summed E-state index contributed by atoms with van der Waals surface area (Å²) >= 11 is 0. The minimum atomic E-state index is -2.52. The summed E-state index contributed by atoms with van der Waals surface area (Å²) in [5.41, 5.74) is 2.08. The molecule has 0 aromatic heterocycles. The number of ether oxygens (including phenoxy) is 2. The molecule has 4 rings (SSSR count). The molecule has 1 heterocycles. The van der Waals surface area contributed by atoms with Gasteiger partial charge in [-0.2, -0.15) is 0 Å². The van der Waals surface area contributed by atoms with Gasteiger partial charge in [-0.3, -0.25) is 19.2 Å². The summed E-state index contributed by atoms with van der Waals surface area (Å²) in [6.45, 7) is 0.402. The van der Waals surface area contributed by atoms with Crippen LogP contribution in [0, 0.1) is 5.82 Å². The van der Waals surface area contributed by atoms with E-state index in [0.717, 1.165) is 30.2 Å². The highest BCUT2D eigenvalue weighted by Crippen LogP contribution is 2.34. The van der Waals surface area contributed by atoms with Crippen molar-refractivity contribution < 1.29 is 58.3 Å². The van der Waals surface area contributed by atoms with E-state index in [1.807, 2.05) is 30.3 Å². The van der Waals surface area contributed by atoms with Crippen molar-refractivity contribution in [2.24, 2.45) is 0 Å². The molecule has 0 radical (unpaired) electrons. The van der Waals surface area contributed by atoms with E-state index in [-0.39, 0.29) is 30.6 Å². The molecule has 6 atom stereocenters. The van der Waals surface area contributed by atoms with Gasteiger partial charge in [0.1, 0.15) is 18.0 Å². The van der Waals surface area contributed by atoms with Gasteiger partial charge in [0.2, 0.25) is 5.91 Å². The number of carboxylic acid groups (broad SMARTS) is 2. The summed E-state index contributed by atoms with van der Waals surface area (Å²) in [6.07, 6.45) is -5.22. The van der Waals surface area contributed by atoms with Crippen LogP contribution in [-0.4, -0.2) is 99.4 Å². The SMILES string of the molecule is CC(=O)N[C@H]1[C@H]([C@H](O)[C@H](O)CNC(=O)c2ccc(-c3ccccc3)cc2)O[C@@](OCCCCCC(=O)O)(C(=O)O)C[C@@H]1NC(=O)c1ccc(F)cc1. The third kappa shape index (κ3) is 10.6. The molecule has 7 N–H and O–H groups in total. The Hall–Kier alpha value is -5.22. The number of aliphatic carboxylic acids is 2. The van der Waals surface area contributed by atoms with Gasteiger partial charge in [0.15, 0.2) is 0 Å². The lowest BCUT2D eigenvalue weighted by molar-refractivity contribution is -0.300. The molecule has 3 aromatic carbocycles. The van der Waals surface area contributed by atoms with E-state index in [9.17, 15) is 43.7 Å². The number of hydrogen-bond acceptors (Lipinski definition) is 9. The predicted molar refractivity (Wildman–Crippen MR) is 183 cm³/mol. The Balaban J connectivity index is 1.55. The van der Waals surface area contributed by atoms with Crippen LogP contribution in [0.15, 0.2) is 78.9 Å². The van der Waals surface area contributed by atoms with Crippen molar-refractivity contribution in [3.8, 4) is 11.1 Å². The third-order valence-electron chi connectivity index (χ3n) is 8.55. The molecule has 278 valence electrons. The summed E-state index contributed by atoms with van der Waals surface area (Å²) in [4.78, 5) is 62.3. The maximum absolute atomic E-state index is 13.6. The molecule has 1 aliphatic heterocycles. The van der Waals surface area contributed by atoms with Crippen LogP contribution >= 0.6 is 0 Å². The Morgan fingerprint density at radius 2 is 1.46 bits per heavy atom. The molecule has 1 saturated heterocycles. The van der Waals surface area contributed by atoms with Crippen molar-refractivity contribution in [2.75, 3.05) is 13.2 Å². The van der Waals surface area contributed by atoms with Crippen molar-refractivity contribution >= 4 is 29.7 Å². The van der Waals surface area contributed by atoms with Gasteiger partial charge in [0.25, 0.3) is 17.6 Å². The first-order chi connectivity index (χ1) is 24.8. The third-order valence-corrected chi connectivity index (χ3v) is 8.55. The second-order valence-corrected chi connectivity index (χ2v) is 12.4. The van der Waals surface area contributed by atoms with Crippen LogP contribution < -0.4 is 16.0 Å². The number of benzene rings is 3. The highest BCUT2D eigenvalue weighted by atomic mass is 19.1. The molecule has 1 fully saturated rings. The number of carbonyl (C=O) groups excluding carboxylic acids is 3. The van der Waals surface area contributed by atoms with Crippen LogP contribution in [0.2, 0.25) is 0 Å². The number of aliphatic hydroxyl groups excluding tert-OH is 2. The Bertz CT molecular complexity index is 1690. The van der Waals surface area contributed by atoms with Gasteiger partial charge in [-0.15, -0.1) is 0 Å². The van der Waals surface area contributed by atoms with E-state index in [0.29, 0.717) is 12.8 Å². The zero-order valence-electron chi connectivity index (χ0n) is 28.4. The Morgan fingerprint density at radius 3 is 2.08 bits per heavy atom. The average molecular weight is 724 g/mol. The molecular weight excluding hydrogens is 681 g/mol. The lowest BCUT2D eigenvalue weighted by Crippen LogP contribution is -2.71. The van der Waals surface area contributed by atoms with Crippen LogP contribution in [0.1, 0.15) is 59.7 Å². The zero-order valence-corrected chi connectivity index (χ0v) is 28.4. The molecular formula is C37H42FN3O11. The van der Waals surface area contributed by atoms with Crippen molar-refractivity contribution in [3.63, 3.8) is 0 Å². The number of unbranched alkanes of at least 4 members (excludes halogenated alkanes) is 2. The van der Waals surface area contributed by atoms with Crippen molar-refractivity contribution in [1.82, 2.24) is 16.0 Å². The van der Waals surface area contributed by atoms with E-state index in [4.69, 9.17) is 14.6 Å². The van der Waals surface area contributed by atoms with E-state index in [1.165, 1.54) is 12.1 Å². The molecule has 1 aliphatic rings. The van der Waals surface area contributed by atoms with Gasteiger partial charge in [0, 0.05) is 37.4 Å². The molecule has 0 spiro atoms. The monoisotopic (exact) mass is 723 g/mol. The van der Waals surface area contributed by atoms with Crippen LogP contribution in [0.5, 0.6) is 0 Å². The van der Waals surface area contributed by atoms with Gasteiger partial charge >= 0.3 is 11.9 Å². The number of halogens is 1. The van der Waals surface area contributed by atoms with E-state index < -0.39 is 84.6 Å². The number of nitrogens with one attached hydrogen (secondary N) is 3. The molecule has 0 bridgehead atoms. The molecule has 3 aromatic rings. The molecule has 14 nitrogen and oxygen atoms in total. The molecule has 52 heavy (non-hydrogen) atoms. The normalized spacial score (nSPS) is 21.0. The van der Waals surface area contributed by atoms with Crippen molar-refractivity contribution in [1.29, 1.82) is 0 Å². The predicted octanol–water partition coefficient (Wildman–Crippen LogP) is 2.48. The highest BCUT2D eigenvalue weighted by molar-refractivity contribution is 5.95. The largest absolute Gasteiger partial charge is 0.481 e. The summed E-state index contributed by atoms with van der Waals surface area (Å²) in [5.74, 6) is -7.74. The maximum atomic E-state index is 13.6. The minimum Gasteiger partial charge on any atom is -0.481 e. The van der Waals surface area contributed by atoms with Crippen LogP contribution in [0.4, 0.5) is 4.39 Å². The average Bonchev–Trinajstić information content (AvgIpc) is 3.12. The fourth-order valence-corrected chi connectivity index (χ4v) is 5.85. The lowest BCUT2D eigenvalue weighted by Gasteiger charge is -2.48. The van der Waals surface area contributed by atoms with E-state index in [1.54, 1.807) is 24.3 Å². The van der Waals surface area contributed by atoms with Crippen LogP contribution in [0.25, 0.3) is 11.1 Å². The second kappa shape index (κ2) is 18.3. The van der Waals surface area contributed by atoms with Crippen LogP contribution in [0.3, 0.4) is 0 Å². The van der Waals surface area contributed by atoms with Crippen molar-refractivity contribution in [3.05, 3.63) is 95.8 Å². The summed E-state index contributed by atoms with van der Waals surface area (Å²) in [5, 5.41) is 49.5. The summed E-state index contributed by atoms with van der Waals surface area (Å²) < 4.78 is 25.2. The molecule has 0 saturated carbocycles. The second-order valence-electron chi connectivity index (χ2n) is 12.4. The smallest absolute Gasteiger partial charge is 0.364 e. The number of amides is 3. The molecule has 15 heteroatoms. The first-order valence-electron chi connectivity index (χ1n) is 16.7. The standard InChI is InChI=1S/C37H42FN3O11/c1-22(42)40-31-28(41-35(48)26-15-17-27(38)18-16-26)20-37(36(49)50,51-19-7-3-6-10-30(44)45)52-33(31)32(46)29(43)21-39-34(47)25-13-11-24(12-14-25)23-8-4-2-5-9-23/h2,4-5,8-9,11-18,28-29,31-33,43,46H,3,6-7,10,19-21H2,1H3,(H,39,47)(H,40,42)(H,41,48)(H,44,45)(H,49,50)/t28-,29+,31+,32+,33+,37+/m0/s1. The first kappa shape index (κ1) is 39.6. The first-order valence-corrected chi connectivity index (χ1v) is 16.7. The zero-order chi connectivity index (χ0) is 37.8. The van der Waals surface area contributed by atoms with E-state index in [2.05, 4.69) is 16.0 Å². The minimum absolute atomic E-state index is 0.00591. The number of hydrogen-bond donors (Lipinski definition) is 7. The van der Waals surface area contributed by atoms with E-state index >= 15 is 0 Å². The Kier molecular flexibility index (Phi) is 13.9. The number of rotatable bonds is 17. The topological polar surface area (TPSA) is 221 Å². The number of carbonyl (C=O) groups is 5. The number of carboxylic acids is 2. The Morgan fingerprint density at radius 1 is 0.846 bits per heavy atom. The fraction of sp³-hybridized carbons (Fsp3) is 0.378. The van der Waals surface area contributed by atoms with Gasteiger partial charge in [-0.05, 0) is 60.4 Å². The molecule has 3 amide bonds. The maximum Gasteiger partial charge on any atom is 0.364 e. The van der Waals surface area contributed by atoms with Crippen molar-refractivity contribution in [2.45, 2.75) is 75.2 Å². The summed E-state index contributed by atoms with van der Waals surface area (Å²) in [7, 11) is 0.